The molecule has 3 fully saturated rings. The highest BCUT2D eigenvalue weighted by atomic mass is 35.5. The molecule has 3 aliphatic rings. The summed E-state index contributed by atoms with van der Waals surface area (Å²) in [5.74, 6) is 0.778. The Labute approximate surface area is 203 Å². The maximum atomic E-state index is 6.54. The van der Waals surface area contributed by atoms with Crippen LogP contribution in [-0.2, 0) is 0 Å². The molecule has 4 heterocycles. The second kappa shape index (κ2) is 9.64. The van der Waals surface area contributed by atoms with Gasteiger partial charge in [0.05, 0.1) is 48.5 Å². The van der Waals surface area contributed by atoms with Crippen LogP contribution in [0.1, 0.15) is 18.5 Å². The molecule has 33 heavy (non-hydrogen) atoms. The Morgan fingerprint density at radius 2 is 1.94 bits per heavy atom. The zero-order valence-corrected chi connectivity index (χ0v) is 20.7. The maximum absolute atomic E-state index is 6.54. The molecule has 1 aromatic heterocycles. The standard InChI is InChI=1S/C24H30ClN6OS/c1-17(26-7-11-31-12-8-30(9-13-31)10-14-31)18-3-5-21(20(25)15-18)28-29-24-27-22-16-19(32-2)4-6-23(22)33-24/h3-6,15-17,26H,7-14H2,1-2H3/q+1. The number of hydrogen-bond acceptors (Lipinski definition) is 7. The molecule has 0 saturated carbocycles. The average Bonchev–Trinajstić information content (AvgIpc) is 3.26. The molecule has 2 bridgehead atoms. The molecule has 1 atom stereocenters. The van der Waals surface area contributed by atoms with Crippen LogP contribution in [0, 0.1) is 0 Å². The van der Waals surface area contributed by atoms with Gasteiger partial charge in [0.1, 0.15) is 11.4 Å². The highest BCUT2D eigenvalue weighted by Gasteiger charge is 2.37. The number of thiazole rings is 1. The van der Waals surface area contributed by atoms with Gasteiger partial charge in [-0.15, -0.1) is 10.2 Å². The Morgan fingerprint density at radius 3 is 2.67 bits per heavy atom. The van der Waals surface area contributed by atoms with Crippen molar-refractivity contribution in [2.75, 3.05) is 59.5 Å². The fourth-order valence-corrected chi connectivity index (χ4v) is 5.73. The number of nitrogens with one attached hydrogen (secondary N) is 1. The third-order valence-electron chi connectivity index (χ3n) is 7.01. The molecule has 0 spiro atoms. The summed E-state index contributed by atoms with van der Waals surface area (Å²) in [4.78, 5) is 7.11. The SMILES string of the molecule is COc1ccc2sc(N=Nc3ccc(C(C)NCC[N+]45CCN(CC4)CC5)cc3Cl)nc2c1. The zero-order chi connectivity index (χ0) is 22.8. The molecule has 3 aliphatic heterocycles. The van der Waals surface area contributed by atoms with Crippen LogP contribution in [0.25, 0.3) is 10.2 Å². The van der Waals surface area contributed by atoms with Gasteiger partial charge in [0.25, 0.3) is 0 Å². The van der Waals surface area contributed by atoms with Gasteiger partial charge in [-0.1, -0.05) is 29.0 Å². The molecule has 3 aromatic rings. The lowest BCUT2D eigenvalue weighted by Crippen LogP contribution is -2.68. The van der Waals surface area contributed by atoms with Crippen molar-refractivity contribution >= 4 is 44.0 Å². The first-order valence-corrected chi connectivity index (χ1v) is 12.7. The Morgan fingerprint density at radius 1 is 1.15 bits per heavy atom. The van der Waals surface area contributed by atoms with E-state index in [4.69, 9.17) is 16.3 Å². The van der Waals surface area contributed by atoms with Crippen LogP contribution in [0.3, 0.4) is 0 Å². The largest absolute Gasteiger partial charge is 0.497 e. The number of benzene rings is 2. The molecule has 0 aliphatic carbocycles. The second-order valence-electron chi connectivity index (χ2n) is 8.99. The number of nitrogens with zero attached hydrogens (tertiary/aromatic N) is 5. The van der Waals surface area contributed by atoms with Gasteiger partial charge in [-0.25, -0.2) is 4.98 Å². The molecular weight excluding hydrogens is 456 g/mol. The van der Waals surface area contributed by atoms with Crippen molar-refractivity contribution < 1.29 is 9.22 Å². The lowest BCUT2D eigenvalue weighted by atomic mass is 10.1. The van der Waals surface area contributed by atoms with Gasteiger partial charge < -0.3 is 14.5 Å². The van der Waals surface area contributed by atoms with E-state index in [2.05, 4.69) is 38.4 Å². The van der Waals surface area contributed by atoms with Gasteiger partial charge in [0, 0.05) is 38.3 Å². The van der Waals surface area contributed by atoms with Gasteiger partial charge in [0.15, 0.2) is 0 Å². The van der Waals surface area contributed by atoms with E-state index in [1.807, 2.05) is 30.3 Å². The minimum atomic E-state index is 0.233. The predicted molar refractivity (Wildman–Crippen MR) is 134 cm³/mol. The van der Waals surface area contributed by atoms with Crippen molar-refractivity contribution in [3.63, 3.8) is 0 Å². The van der Waals surface area contributed by atoms with E-state index in [-0.39, 0.29) is 6.04 Å². The molecule has 9 heteroatoms. The number of halogens is 1. The molecule has 6 rings (SSSR count). The van der Waals surface area contributed by atoms with Crippen molar-refractivity contribution in [3.05, 3.63) is 47.0 Å². The van der Waals surface area contributed by atoms with Crippen molar-refractivity contribution in [2.24, 2.45) is 10.2 Å². The first-order chi connectivity index (χ1) is 16.0. The number of quaternary nitrogens is 1. The van der Waals surface area contributed by atoms with E-state index in [0.717, 1.165) is 28.1 Å². The summed E-state index contributed by atoms with van der Waals surface area (Å²) in [5.41, 5.74) is 2.66. The number of azo groups is 1. The predicted octanol–water partition coefficient (Wildman–Crippen LogP) is 5.17. The van der Waals surface area contributed by atoms with Crippen LogP contribution < -0.4 is 10.1 Å². The number of methoxy groups -OCH3 is 1. The number of hydrogen-bond donors (Lipinski definition) is 1. The van der Waals surface area contributed by atoms with Gasteiger partial charge >= 0.3 is 0 Å². The Balaban J connectivity index is 1.20. The second-order valence-corrected chi connectivity index (χ2v) is 10.4. The minimum Gasteiger partial charge on any atom is -0.497 e. The van der Waals surface area contributed by atoms with Crippen molar-refractivity contribution in [2.45, 2.75) is 13.0 Å². The Bertz CT molecular complexity index is 1140. The fraction of sp³-hybridized carbons (Fsp3) is 0.458. The van der Waals surface area contributed by atoms with Gasteiger partial charge in [0.2, 0.25) is 5.13 Å². The number of rotatable bonds is 8. The summed E-state index contributed by atoms with van der Waals surface area (Å²) in [6, 6.07) is 12.0. The van der Waals surface area contributed by atoms with E-state index < -0.39 is 0 Å². The van der Waals surface area contributed by atoms with E-state index >= 15 is 0 Å². The molecule has 1 unspecified atom stereocenters. The lowest BCUT2D eigenvalue weighted by molar-refractivity contribution is -0.939. The van der Waals surface area contributed by atoms with Gasteiger partial charge in [-0.2, -0.15) is 0 Å². The van der Waals surface area contributed by atoms with Crippen LogP contribution >= 0.6 is 22.9 Å². The quantitative estimate of drug-likeness (QED) is 0.353. The first kappa shape index (κ1) is 22.7. The summed E-state index contributed by atoms with van der Waals surface area (Å²) >= 11 is 8.03. The third-order valence-corrected chi connectivity index (χ3v) is 8.23. The van der Waals surface area contributed by atoms with E-state index in [0.29, 0.717) is 15.8 Å². The normalized spacial score (nSPS) is 23.4. The maximum Gasteiger partial charge on any atom is 0.231 e. The van der Waals surface area contributed by atoms with Gasteiger partial charge in [-0.3, -0.25) is 4.90 Å². The molecular formula is C24H30ClN6OS+. The number of aromatic nitrogens is 1. The van der Waals surface area contributed by atoms with Crippen molar-refractivity contribution in [3.8, 4) is 5.75 Å². The topological polar surface area (TPSA) is 62.1 Å². The lowest BCUT2D eigenvalue weighted by Gasteiger charge is -2.50. The molecule has 1 N–H and O–H groups in total. The number of ether oxygens (including phenoxy) is 1. The van der Waals surface area contributed by atoms with Crippen LogP contribution in [-0.4, -0.2) is 73.8 Å². The Hall–Kier alpha value is -2.10. The fourth-order valence-electron chi connectivity index (χ4n) is 4.74. The van der Waals surface area contributed by atoms with Crippen LogP contribution in [0.2, 0.25) is 5.02 Å². The summed E-state index contributed by atoms with van der Waals surface area (Å²) in [7, 11) is 1.65. The minimum absolute atomic E-state index is 0.233. The molecule has 0 amide bonds. The third kappa shape index (κ3) is 5.05. The summed E-state index contributed by atoms with van der Waals surface area (Å²) in [6.45, 7) is 12.1. The highest BCUT2D eigenvalue weighted by Crippen LogP contribution is 2.33. The monoisotopic (exact) mass is 485 g/mol. The average molecular weight is 486 g/mol. The number of fused-ring (bicyclic) bond motifs is 4. The summed E-state index contributed by atoms with van der Waals surface area (Å²) < 4.78 is 7.58. The smallest absolute Gasteiger partial charge is 0.231 e. The molecule has 0 radical (unpaired) electrons. The van der Waals surface area contributed by atoms with E-state index in [1.54, 1.807) is 7.11 Å². The first-order valence-electron chi connectivity index (χ1n) is 11.5. The van der Waals surface area contributed by atoms with Crippen LogP contribution in [0.4, 0.5) is 10.8 Å². The number of piperazine rings is 3. The van der Waals surface area contributed by atoms with E-state index in [1.165, 1.54) is 61.6 Å². The highest BCUT2D eigenvalue weighted by molar-refractivity contribution is 7.21. The van der Waals surface area contributed by atoms with E-state index in [9.17, 15) is 0 Å². The molecule has 7 nitrogen and oxygen atoms in total. The van der Waals surface area contributed by atoms with Crippen LogP contribution in [0.15, 0.2) is 46.6 Å². The summed E-state index contributed by atoms with van der Waals surface area (Å²) in [6.07, 6.45) is 0. The summed E-state index contributed by atoms with van der Waals surface area (Å²) in [5, 5.41) is 13.5. The van der Waals surface area contributed by atoms with Crippen molar-refractivity contribution in [1.29, 1.82) is 0 Å². The molecule has 3 saturated heterocycles. The zero-order valence-electron chi connectivity index (χ0n) is 19.1. The Kier molecular flexibility index (Phi) is 6.62. The van der Waals surface area contributed by atoms with Crippen LogP contribution in [0.5, 0.6) is 5.75 Å². The van der Waals surface area contributed by atoms with Gasteiger partial charge in [-0.05, 0) is 36.8 Å². The molecule has 2 aromatic carbocycles. The molecule has 174 valence electrons. The van der Waals surface area contributed by atoms with Crippen molar-refractivity contribution in [1.82, 2.24) is 15.2 Å².